The molecule has 4 aromatic rings. The van der Waals surface area contributed by atoms with Gasteiger partial charge in [0.05, 0.1) is 22.8 Å². The van der Waals surface area contributed by atoms with E-state index in [1.807, 2.05) is 55.5 Å². The number of anilines is 2. The van der Waals surface area contributed by atoms with Gasteiger partial charge in [0.25, 0.3) is 0 Å². The van der Waals surface area contributed by atoms with Crippen LogP contribution in [0.3, 0.4) is 0 Å². The minimum atomic E-state index is -0.343. The highest BCUT2D eigenvalue weighted by atomic mass is 35.5. The summed E-state index contributed by atoms with van der Waals surface area (Å²) in [6.07, 6.45) is 1.38. The molecule has 1 amide bonds. The second-order valence-electron chi connectivity index (χ2n) is 8.39. The van der Waals surface area contributed by atoms with Crippen LogP contribution in [0, 0.1) is 0 Å². The minimum Gasteiger partial charge on any atom is -0.486 e. The molecule has 2 aromatic carbocycles. The molecule has 0 spiro atoms. The highest BCUT2D eigenvalue weighted by molar-refractivity contribution is 6.32. The van der Waals surface area contributed by atoms with Crippen LogP contribution in [0.1, 0.15) is 12.6 Å². The molecular formula is C27H28ClN5O4. The standard InChI is InChI=1S/C27H28ClN5O4/c1-18(15-33(2)25(34)17-35-3)37-27-31-23-10-5-4-9-21(23)26(32-27)30-19-11-12-24(22(28)14-19)36-16-20-8-6-7-13-29-20/h4-14,18H,15-17H2,1-3H3,(H,30,31,32)/t18-/m0/s1. The van der Waals surface area contributed by atoms with E-state index in [-0.39, 0.29) is 24.6 Å². The molecular weight excluding hydrogens is 494 g/mol. The number of hydrogen-bond acceptors (Lipinski definition) is 8. The molecule has 2 aromatic heterocycles. The second kappa shape index (κ2) is 12.3. The fraction of sp³-hybridized carbons (Fsp3) is 0.259. The topological polar surface area (TPSA) is 98.7 Å². The van der Waals surface area contributed by atoms with Gasteiger partial charge in [-0.1, -0.05) is 29.8 Å². The Morgan fingerprint density at radius 3 is 2.68 bits per heavy atom. The molecule has 1 atom stereocenters. The molecule has 9 nitrogen and oxygen atoms in total. The Morgan fingerprint density at radius 2 is 1.92 bits per heavy atom. The van der Waals surface area contributed by atoms with E-state index in [4.69, 9.17) is 25.8 Å². The molecule has 0 saturated heterocycles. The van der Waals surface area contributed by atoms with Gasteiger partial charge in [-0.05, 0) is 49.4 Å². The van der Waals surface area contributed by atoms with E-state index in [0.717, 1.165) is 16.8 Å². The number of benzene rings is 2. The van der Waals surface area contributed by atoms with Gasteiger partial charge in [0.2, 0.25) is 5.91 Å². The van der Waals surface area contributed by atoms with Gasteiger partial charge in [-0.25, -0.2) is 0 Å². The third-order valence-electron chi connectivity index (χ3n) is 5.41. The zero-order chi connectivity index (χ0) is 26.2. The summed E-state index contributed by atoms with van der Waals surface area (Å²) in [7, 11) is 3.18. The minimum absolute atomic E-state index is 0.0132. The number of carbonyl (C=O) groups is 1. The van der Waals surface area contributed by atoms with Crippen molar-refractivity contribution in [3.05, 3.63) is 77.6 Å². The van der Waals surface area contributed by atoms with Gasteiger partial charge in [0.1, 0.15) is 30.9 Å². The SMILES string of the molecule is COCC(=O)N(C)C[C@H](C)Oc1nc(Nc2ccc(OCc3ccccn3)c(Cl)c2)c2ccccc2n1. The number of nitrogens with one attached hydrogen (secondary N) is 1. The monoisotopic (exact) mass is 521 g/mol. The third kappa shape index (κ3) is 7.05. The number of methoxy groups -OCH3 is 1. The van der Waals surface area contributed by atoms with E-state index >= 15 is 0 Å². The van der Waals surface area contributed by atoms with E-state index in [9.17, 15) is 4.79 Å². The number of rotatable bonds is 11. The quantitative estimate of drug-likeness (QED) is 0.298. The van der Waals surface area contributed by atoms with E-state index in [1.54, 1.807) is 30.3 Å². The second-order valence-corrected chi connectivity index (χ2v) is 8.79. The maximum atomic E-state index is 12.0. The molecule has 0 bridgehead atoms. The van der Waals surface area contributed by atoms with Crippen molar-refractivity contribution in [1.29, 1.82) is 0 Å². The van der Waals surface area contributed by atoms with Crippen molar-refractivity contribution in [2.45, 2.75) is 19.6 Å². The highest BCUT2D eigenvalue weighted by Crippen LogP contribution is 2.31. The number of amides is 1. The number of ether oxygens (including phenoxy) is 3. The number of carbonyl (C=O) groups excluding carboxylic acids is 1. The van der Waals surface area contributed by atoms with Crippen molar-refractivity contribution < 1.29 is 19.0 Å². The first kappa shape index (κ1) is 26.1. The maximum Gasteiger partial charge on any atom is 0.319 e. The number of aromatic nitrogens is 3. The summed E-state index contributed by atoms with van der Waals surface area (Å²) in [4.78, 5) is 26.9. The largest absolute Gasteiger partial charge is 0.486 e. The summed E-state index contributed by atoms with van der Waals surface area (Å²) < 4.78 is 16.7. The van der Waals surface area contributed by atoms with Crippen LogP contribution < -0.4 is 14.8 Å². The van der Waals surface area contributed by atoms with Crippen LogP contribution in [0.5, 0.6) is 11.8 Å². The first-order valence-corrected chi connectivity index (χ1v) is 12.1. The Balaban J connectivity index is 1.50. The molecule has 2 heterocycles. The van der Waals surface area contributed by atoms with Crippen molar-refractivity contribution in [3.63, 3.8) is 0 Å². The summed E-state index contributed by atoms with van der Waals surface area (Å²) >= 11 is 6.49. The Bertz CT molecular complexity index is 1360. The predicted octanol–water partition coefficient (Wildman–Crippen LogP) is 4.87. The summed E-state index contributed by atoms with van der Waals surface area (Å²) in [6, 6.07) is 18.9. The van der Waals surface area contributed by atoms with Gasteiger partial charge >= 0.3 is 6.01 Å². The molecule has 0 radical (unpaired) electrons. The first-order valence-electron chi connectivity index (χ1n) is 11.7. The summed E-state index contributed by atoms with van der Waals surface area (Å²) in [5.41, 5.74) is 2.25. The molecule has 10 heteroatoms. The number of halogens is 1. The van der Waals surface area contributed by atoms with Crippen molar-refractivity contribution in [2.24, 2.45) is 0 Å². The van der Waals surface area contributed by atoms with Crippen LogP contribution in [-0.4, -0.2) is 59.2 Å². The summed E-state index contributed by atoms with van der Waals surface area (Å²) in [5.74, 6) is 0.981. The van der Waals surface area contributed by atoms with Gasteiger partial charge in [0, 0.05) is 31.4 Å². The lowest BCUT2D eigenvalue weighted by Gasteiger charge is -2.22. The van der Waals surface area contributed by atoms with E-state index in [0.29, 0.717) is 35.3 Å². The molecule has 0 unspecified atom stereocenters. The maximum absolute atomic E-state index is 12.0. The lowest BCUT2D eigenvalue weighted by molar-refractivity contribution is -0.134. The van der Waals surface area contributed by atoms with Crippen molar-refractivity contribution in [1.82, 2.24) is 19.9 Å². The van der Waals surface area contributed by atoms with Gasteiger partial charge in [0.15, 0.2) is 0 Å². The fourth-order valence-electron chi connectivity index (χ4n) is 3.61. The lowest BCUT2D eigenvalue weighted by atomic mass is 10.2. The summed E-state index contributed by atoms with van der Waals surface area (Å²) in [5, 5.41) is 4.59. The number of hydrogen-bond donors (Lipinski definition) is 1. The molecule has 192 valence electrons. The summed E-state index contributed by atoms with van der Waals surface area (Å²) in [6.45, 7) is 2.54. The average Bonchev–Trinajstić information content (AvgIpc) is 2.89. The van der Waals surface area contributed by atoms with Crippen LogP contribution >= 0.6 is 11.6 Å². The molecule has 0 aliphatic rings. The zero-order valence-electron chi connectivity index (χ0n) is 20.8. The number of pyridine rings is 1. The van der Waals surface area contributed by atoms with Gasteiger partial charge in [-0.15, -0.1) is 0 Å². The zero-order valence-corrected chi connectivity index (χ0v) is 21.6. The van der Waals surface area contributed by atoms with Crippen LogP contribution in [0.2, 0.25) is 5.02 Å². The molecule has 0 aliphatic heterocycles. The number of likely N-dealkylation sites (N-methyl/N-ethyl adjacent to an activating group) is 1. The molecule has 0 aliphatic carbocycles. The molecule has 4 rings (SSSR count). The van der Waals surface area contributed by atoms with E-state index in [1.165, 1.54) is 7.11 Å². The van der Waals surface area contributed by atoms with Crippen LogP contribution in [-0.2, 0) is 16.1 Å². The first-order chi connectivity index (χ1) is 17.9. The Kier molecular flexibility index (Phi) is 8.71. The smallest absolute Gasteiger partial charge is 0.319 e. The number of nitrogens with zero attached hydrogens (tertiary/aromatic N) is 4. The van der Waals surface area contributed by atoms with Crippen LogP contribution in [0.15, 0.2) is 66.9 Å². The van der Waals surface area contributed by atoms with Crippen LogP contribution in [0.25, 0.3) is 10.9 Å². The number of para-hydroxylation sites is 1. The predicted molar refractivity (Wildman–Crippen MR) is 142 cm³/mol. The fourth-order valence-corrected chi connectivity index (χ4v) is 3.84. The van der Waals surface area contributed by atoms with Crippen molar-refractivity contribution in [3.8, 4) is 11.8 Å². The molecule has 1 N–H and O–H groups in total. The van der Waals surface area contributed by atoms with Crippen molar-refractivity contribution in [2.75, 3.05) is 32.6 Å². The Hall–Kier alpha value is -3.95. The van der Waals surface area contributed by atoms with Gasteiger partial charge in [-0.2, -0.15) is 9.97 Å². The normalized spacial score (nSPS) is 11.7. The van der Waals surface area contributed by atoms with E-state index < -0.39 is 0 Å². The van der Waals surface area contributed by atoms with Gasteiger partial charge < -0.3 is 24.4 Å². The average molecular weight is 522 g/mol. The van der Waals surface area contributed by atoms with Gasteiger partial charge in [-0.3, -0.25) is 9.78 Å². The van der Waals surface area contributed by atoms with E-state index in [2.05, 4.69) is 20.3 Å². The Labute approximate surface area is 220 Å². The third-order valence-corrected chi connectivity index (χ3v) is 5.71. The molecule has 37 heavy (non-hydrogen) atoms. The Morgan fingerprint density at radius 1 is 1.11 bits per heavy atom. The lowest BCUT2D eigenvalue weighted by Crippen LogP contribution is -2.37. The van der Waals surface area contributed by atoms with Crippen LogP contribution in [0.4, 0.5) is 11.5 Å². The molecule has 0 saturated carbocycles. The molecule has 0 fully saturated rings. The highest BCUT2D eigenvalue weighted by Gasteiger charge is 2.16. The number of fused-ring (bicyclic) bond motifs is 1. The van der Waals surface area contributed by atoms with Crippen molar-refractivity contribution >= 4 is 39.9 Å².